The average Bonchev–Trinajstić information content (AvgIpc) is 3.10. The number of carbonyl (C=O) groups is 1. The maximum absolute atomic E-state index is 12.6. The van der Waals surface area contributed by atoms with Gasteiger partial charge < -0.3 is 10.1 Å². The van der Waals surface area contributed by atoms with Gasteiger partial charge in [0.25, 0.3) is 5.91 Å². The number of amides is 1. The lowest BCUT2D eigenvalue weighted by Gasteiger charge is -2.10. The molecule has 10 heteroatoms. The summed E-state index contributed by atoms with van der Waals surface area (Å²) in [6.07, 6.45) is -1.05. The number of halogens is 3. The third-order valence-corrected chi connectivity index (χ3v) is 4.67. The van der Waals surface area contributed by atoms with E-state index in [1.165, 1.54) is 29.5 Å². The number of hydrogen-bond acceptors (Lipinski definition) is 6. The predicted octanol–water partition coefficient (Wildman–Crippen LogP) is 3.99. The van der Waals surface area contributed by atoms with Gasteiger partial charge in [-0.1, -0.05) is 19.1 Å². The summed E-state index contributed by atoms with van der Waals surface area (Å²) >= 11 is 1.17. The number of hydrogen-bond donors (Lipinski definition) is 1. The lowest BCUT2D eigenvalue weighted by molar-refractivity contribution is -0.274. The van der Waals surface area contributed by atoms with Gasteiger partial charge in [-0.15, -0.1) is 24.5 Å². The highest BCUT2D eigenvalue weighted by Gasteiger charge is 2.31. The van der Waals surface area contributed by atoms with E-state index in [0.717, 1.165) is 0 Å². The van der Waals surface area contributed by atoms with Crippen molar-refractivity contribution < 1.29 is 22.7 Å². The number of alkyl halides is 3. The Hall–Kier alpha value is -3.01. The highest BCUT2D eigenvalue weighted by atomic mass is 32.1. The lowest BCUT2D eigenvalue weighted by Crippen LogP contribution is -2.23. The Balaban J connectivity index is 1.72. The number of ether oxygens (including phenoxy) is 1. The van der Waals surface area contributed by atoms with Crippen LogP contribution in [0.15, 0.2) is 42.7 Å². The van der Waals surface area contributed by atoms with Crippen molar-refractivity contribution in [3.8, 4) is 16.6 Å². The molecule has 0 bridgehead atoms. The van der Waals surface area contributed by atoms with Gasteiger partial charge in [0.15, 0.2) is 10.8 Å². The molecule has 1 amide bonds. The fourth-order valence-electron chi connectivity index (χ4n) is 2.39. The zero-order chi connectivity index (χ0) is 20.1. The highest BCUT2D eigenvalue weighted by molar-refractivity contribution is 7.17. The summed E-state index contributed by atoms with van der Waals surface area (Å²) in [4.78, 5) is 25.7. The Morgan fingerprint density at radius 2 is 1.96 bits per heavy atom. The van der Waals surface area contributed by atoms with E-state index in [1.54, 1.807) is 24.5 Å². The van der Waals surface area contributed by atoms with Gasteiger partial charge in [-0.2, -0.15) is 0 Å². The number of aromatic nitrogens is 3. The molecule has 1 N–H and O–H groups in total. The van der Waals surface area contributed by atoms with Gasteiger partial charge in [0.1, 0.15) is 10.6 Å². The molecule has 2 aromatic heterocycles. The second kappa shape index (κ2) is 8.34. The molecule has 28 heavy (non-hydrogen) atoms. The maximum atomic E-state index is 12.6. The van der Waals surface area contributed by atoms with Crippen molar-refractivity contribution in [2.24, 2.45) is 0 Å². The standard InChI is InChI=1S/C18H15F3N4O2S/c1-2-13-14(28-17(25-13)15-22-7-4-8-23-15)16(26)24-10-11-5-3-6-12(9-11)27-18(19,20)21/h3-9H,2,10H2,1H3,(H,24,26). The molecule has 1 aromatic carbocycles. The van der Waals surface area contributed by atoms with Gasteiger partial charge in [-0.05, 0) is 30.2 Å². The molecule has 146 valence electrons. The maximum Gasteiger partial charge on any atom is 0.573 e. The molecular weight excluding hydrogens is 393 g/mol. The summed E-state index contributed by atoms with van der Waals surface area (Å²) in [6, 6.07) is 7.13. The van der Waals surface area contributed by atoms with Crippen molar-refractivity contribution in [2.75, 3.05) is 0 Å². The zero-order valence-electron chi connectivity index (χ0n) is 14.7. The fraction of sp³-hybridized carbons (Fsp3) is 0.222. The van der Waals surface area contributed by atoms with Gasteiger partial charge >= 0.3 is 6.36 Å². The van der Waals surface area contributed by atoms with Crippen LogP contribution >= 0.6 is 11.3 Å². The lowest BCUT2D eigenvalue weighted by atomic mass is 10.2. The van der Waals surface area contributed by atoms with E-state index < -0.39 is 6.36 Å². The molecule has 0 atom stereocenters. The first-order chi connectivity index (χ1) is 13.4. The number of nitrogens with zero attached hydrogens (tertiary/aromatic N) is 3. The van der Waals surface area contributed by atoms with Gasteiger partial charge in [-0.25, -0.2) is 15.0 Å². The molecule has 0 unspecified atom stereocenters. The highest BCUT2D eigenvalue weighted by Crippen LogP contribution is 2.26. The normalized spacial score (nSPS) is 11.3. The van der Waals surface area contributed by atoms with E-state index in [0.29, 0.717) is 33.4 Å². The van der Waals surface area contributed by atoms with Gasteiger partial charge in [0.05, 0.1) is 5.69 Å². The molecule has 0 aliphatic rings. The van der Waals surface area contributed by atoms with Crippen molar-refractivity contribution in [2.45, 2.75) is 26.3 Å². The zero-order valence-corrected chi connectivity index (χ0v) is 15.5. The molecule has 0 radical (unpaired) electrons. The van der Waals surface area contributed by atoms with Crippen LogP contribution in [0.1, 0.15) is 27.9 Å². The molecular formula is C18H15F3N4O2S. The van der Waals surface area contributed by atoms with Crippen LogP contribution in [0.4, 0.5) is 13.2 Å². The monoisotopic (exact) mass is 408 g/mol. The second-order valence-corrected chi connectivity index (χ2v) is 6.60. The Morgan fingerprint density at radius 3 is 2.64 bits per heavy atom. The first-order valence-electron chi connectivity index (χ1n) is 8.25. The molecule has 3 rings (SSSR count). The number of aryl methyl sites for hydroxylation is 1. The minimum Gasteiger partial charge on any atom is -0.406 e. The quantitative estimate of drug-likeness (QED) is 0.667. The third-order valence-electron chi connectivity index (χ3n) is 3.58. The number of thiazole rings is 1. The van der Waals surface area contributed by atoms with Crippen molar-refractivity contribution >= 4 is 17.2 Å². The molecule has 3 aromatic rings. The number of rotatable bonds is 6. The average molecular weight is 408 g/mol. The minimum absolute atomic E-state index is 0.0477. The Kier molecular flexibility index (Phi) is 5.88. The topological polar surface area (TPSA) is 77.0 Å². The molecule has 0 fully saturated rings. The van der Waals surface area contributed by atoms with Crippen LogP contribution in [-0.4, -0.2) is 27.2 Å². The minimum atomic E-state index is -4.77. The van der Waals surface area contributed by atoms with E-state index in [2.05, 4.69) is 25.0 Å². The van der Waals surface area contributed by atoms with Crippen LogP contribution in [0.3, 0.4) is 0 Å². The summed E-state index contributed by atoms with van der Waals surface area (Å²) in [5.74, 6) is -0.272. The summed E-state index contributed by atoms with van der Waals surface area (Å²) < 4.78 is 40.9. The SMILES string of the molecule is CCc1nc(-c2ncccn2)sc1C(=O)NCc1cccc(OC(F)(F)F)c1. The predicted molar refractivity (Wildman–Crippen MR) is 96.8 cm³/mol. The second-order valence-electron chi connectivity index (χ2n) is 5.60. The first-order valence-corrected chi connectivity index (χ1v) is 9.07. The van der Waals surface area contributed by atoms with Crippen molar-refractivity contribution in [3.05, 3.63) is 58.9 Å². The van der Waals surface area contributed by atoms with Crippen LogP contribution in [0.5, 0.6) is 5.75 Å². The van der Waals surface area contributed by atoms with Crippen LogP contribution < -0.4 is 10.1 Å². The molecule has 0 saturated carbocycles. The van der Waals surface area contributed by atoms with Crippen LogP contribution in [0.2, 0.25) is 0 Å². The molecule has 0 spiro atoms. The van der Waals surface area contributed by atoms with Gasteiger partial charge in [0, 0.05) is 18.9 Å². The van der Waals surface area contributed by atoms with E-state index in [4.69, 9.17) is 0 Å². The Bertz CT molecular complexity index is 961. The van der Waals surface area contributed by atoms with Crippen molar-refractivity contribution in [1.29, 1.82) is 0 Å². The van der Waals surface area contributed by atoms with Crippen LogP contribution in [-0.2, 0) is 13.0 Å². The van der Waals surface area contributed by atoms with Crippen LogP contribution in [0, 0.1) is 0 Å². The van der Waals surface area contributed by atoms with Crippen molar-refractivity contribution in [1.82, 2.24) is 20.3 Å². The molecule has 0 aliphatic carbocycles. The molecule has 0 aliphatic heterocycles. The summed E-state index contributed by atoms with van der Waals surface area (Å²) in [7, 11) is 0. The smallest absolute Gasteiger partial charge is 0.406 e. The van der Waals surface area contributed by atoms with E-state index >= 15 is 0 Å². The Morgan fingerprint density at radius 1 is 1.21 bits per heavy atom. The van der Waals surface area contributed by atoms with Crippen LogP contribution in [0.25, 0.3) is 10.8 Å². The fourth-order valence-corrected chi connectivity index (χ4v) is 3.41. The van der Waals surface area contributed by atoms with Gasteiger partial charge in [0.2, 0.25) is 0 Å². The molecule has 6 nitrogen and oxygen atoms in total. The Labute approximate surface area is 162 Å². The number of benzene rings is 1. The molecule has 0 saturated heterocycles. The number of carbonyl (C=O) groups excluding carboxylic acids is 1. The summed E-state index contributed by atoms with van der Waals surface area (Å²) in [5.41, 5.74) is 1.09. The summed E-state index contributed by atoms with van der Waals surface area (Å²) in [6.45, 7) is 1.92. The first kappa shape index (κ1) is 19.7. The van der Waals surface area contributed by atoms with E-state index in [-0.39, 0.29) is 18.2 Å². The van der Waals surface area contributed by atoms with E-state index in [1.807, 2.05) is 6.92 Å². The number of nitrogens with one attached hydrogen (secondary N) is 1. The largest absolute Gasteiger partial charge is 0.573 e. The van der Waals surface area contributed by atoms with Crippen molar-refractivity contribution in [3.63, 3.8) is 0 Å². The summed E-state index contributed by atoms with van der Waals surface area (Å²) in [5, 5.41) is 3.23. The third kappa shape index (κ3) is 5.03. The molecule has 2 heterocycles. The van der Waals surface area contributed by atoms with Gasteiger partial charge in [-0.3, -0.25) is 4.79 Å². The van der Waals surface area contributed by atoms with E-state index in [9.17, 15) is 18.0 Å².